The van der Waals surface area contributed by atoms with Gasteiger partial charge in [0.2, 0.25) is 5.91 Å². The first-order valence-electron chi connectivity index (χ1n) is 8.75. The molecule has 0 heterocycles. The lowest BCUT2D eigenvalue weighted by atomic mass is 10.1. The summed E-state index contributed by atoms with van der Waals surface area (Å²) in [6.45, 7) is 4.90. The topological polar surface area (TPSA) is 41.1 Å². The highest BCUT2D eigenvalue weighted by molar-refractivity contribution is 5.78. The Hall–Kier alpha value is -0.570. The van der Waals surface area contributed by atoms with Gasteiger partial charge in [-0.25, -0.2) is 0 Å². The van der Waals surface area contributed by atoms with Gasteiger partial charge < -0.3 is 10.6 Å². The molecule has 1 aliphatic rings. The van der Waals surface area contributed by atoms with Crippen LogP contribution in [0, 0.1) is 0 Å². The van der Waals surface area contributed by atoms with Gasteiger partial charge in [0.1, 0.15) is 0 Å². The molecule has 3 heteroatoms. The molecular weight excluding hydrogens is 248 g/mol. The molecule has 0 aromatic heterocycles. The average molecular weight is 282 g/mol. The molecule has 0 saturated heterocycles. The molecular formula is C17H34N2O. The van der Waals surface area contributed by atoms with Crippen molar-refractivity contribution in [2.75, 3.05) is 6.54 Å². The van der Waals surface area contributed by atoms with Gasteiger partial charge >= 0.3 is 0 Å². The normalized spacial score (nSPS) is 18.5. The molecule has 0 aromatic carbocycles. The molecule has 2 N–H and O–H groups in total. The van der Waals surface area contributed by atoms with Crippen LogP contribution in [0.3, 0.4) is 0 Å². The Balaban J connectivity index is 2.06. The van der Waals surface area contributed by atoms with Crippen molar-refractivity contribution in [3.05, 3.63) is 0 Å². The second-order valence-electron chi connectivity index (χ2n) is 6.39. The van der Waals surface area contributed by atoms with E-state index in [1.165, 1.54) is 57.8 Å². The molecule has 0 radical (unpaired) electrons. The van der Waals surface area contributed by atoms with Crippen molar-refractivity contribution in [3.63, 3.8) is 0 Å². The van der Waals surface area contributed by atoms with Gasteiger partial charge in [-0.2, -0.15) is 0 Å². The van der Waals surface area contributed by atoms with E-state index in [-0.39, 0.29) is 5.91 Å². The summed E-state index contributed by atoms with van der Waals surface area (Å²) in [6, 6.07) is 0.874. The van der Waals surface area contributed by atoms with Gasteiger partial charge in [0.05, 0.1) is 6.54 Å². The van der Waals surface area contributed by atoms with Gasteiger partial charge in [-0.3, -0.25) is 4.79 Å². The molecule has 0 spiro atoms. The summed E-state index contributed by atoms with van der Waals surface area (Å²) in [5.74, 6) is 0.178. The first-order chi connectivity index (χ1) is 9.72. The Bertz CT molecular complexity index is 247. The Labute approximate surface area is 125 Å². The summed E-state index contributed by atoms with van der Waals surface area (Å²) in [5, 5.41) is 6.54. The fraction of sp³-hybridized carbons (Fsp3) is 0.941. The molecule has 0 aromatic rings. The van der Waals surface area contributed by atoms with Crippen molar-refractivity contribution in [1.29, 1.82) is 0 Å². The molecule has 1 fully saturated rings. The van der Waals surface area contributed by atoms with Gasteiger partial charge in [-0.05, 0) is 26.2 Å². The fourth-order valence-electron chi connectivity index (χ4n) is 2.95. The maximum atomic E-state index is 11.9. The summed E-state index contributed by atoms with van der Waals surface area (Å²) < 4.78 is 0. The van der Waals surface area contributed by atoms with Crippen LogP contribution in [0.15, 0.2) is 0 Å². The lowest BCUT2D eigenvalue weighted by Gasteiger charge is -2.18. The highest BCUT2D eigenvalue weighted by atomic mass is 16.1. The van der Waals surface area contributed by atoms with Gasteiger partial charge in [-0.15, -0.1) is 0 Å². The molecule has 1 aliphatic carbocycles. The summed E-state index contributed by atoms with van der Waals surface area (Å²) in [5.41, 5.74) is 0. The van der Waals surface area contributed by atoms with Gasteiger partial charge in [0.15, 0.2) is 0 Å². The van der Waals surface area contributed by atoms with Crippen LogP contribution in [0.2, 0.25) is 0 Å². The number of amides is 1. The van der Waals surface area contributed by atoms with Crippen molar-refractivity contribution in [2.24, 2.45) is 0 Å². The van der Waals surface area contributed by atoms with E-state index in [9.17, 15) is 4.79 Å². The van der Waals surface area contributed by atoms with Crippen LogP contribution in [0.5, 0.6) is 0 Å². The Morgan fingerprint density at radius 3 is 2.45 bits per heavy atom. The summed E-state index contributed by atoms with van der Waals surface area (Å²) in [4.78, 5) is 11.9. The third-order valence-corrected chi connectivity index (χ3v) is 4.32. The van der Waals surface area contributed by atoms with E-state index in [4.69, 9.17) is 0 Å². The van der Waals surface area contributed by atoms with Crippen LogP contribution in [0.4, 0.5) is 0 Å². The highest BCUT2D eigenvalue weighted by Crippen LogP contribution is 2.16. The molecule has 118 valence electrons. The maximum absolute atomic E-state index is 11.9. The zero-order valence-corrected chi connectivity index (χ0v) is 13.5. The molecule has 20 heavy (non-hydrogen) atoms. The largest absolute Gasteiger partial charge is 0.352 e. The van der Waals surface area contributed by atoms with E-state index in [2.05, 4.69) is 24.5 Å². The van der Waals surface area contributed by atoms with Gasteiger partial charge in [0, 0.05) is 12.1 Å². The highest BCUT2D eigenvalue weighted by Gasteiger charge is 2.14. The Morgan fingerprint density at radius 1 is 1.10 bits per heavy atom. The standard InChI is InChI=1S/C17H34N2O/c1-3-4-5-8-11-15(2)18-14-17(20)19-16-12-9-6-7-10-13-16/h15-16,18H,3-14H2,1-2H3,(H,19,20). The van der Waals surface area contributed by atoms with Crippen LogP contribution in [0.25, 0.3) is 0 Å². The number of rotatable bonds is 9. The van der Waals surface area contributed by atoms with E-state index in [0.29, 0.717) is 18.6 Å². The number of hydrogen-bond acceptors (Lipinski definition) is 2. The number of carbonyl (C=O) groups excluding carboxylic acids is 1. The molecule has 0 aliphatic heterocycles. The van der Waals surface area contributed by atoms with Crippen LogP contribution < -0.4 is 10.6 Å². The Morgan fingerprint density at radius 2 is 1.80 bits per heavy atom. The van der Waals surface area contributed by atoms with Crippen LogP contribution >= 0.6 is 0 Å². The molecule has 1 rings (SSSR count). The number of nitrogens with one attached hydrogen (secondary N) is 2. The second-order valence-corrected chi connectivity index (χ2v) is 6.39. The van der Waals surface area contributed by atoms with E-state index < -0.39 is 0 Å². The summed E-state index contributed by atoms with van der Waals surface area (Å²) in [6.07, 6.45) is 13.9. The minimum Gasteiger partial charge on any atom is -0.352 e. The molecule has 1 saturated carbocycles. The van der Waals surface area contributed by atoms with E-state index in [0.717, 1.165) is 12.8 Å². The zero-order valence-electron chi connectivity index (χ0n) is 13.5. The minimum absolute atomic E-state index is 0.178. The van der Waals surface area contributed by atoms with Crippen molar-refractivity contribution >= 4 is 5.91 Å². The predicted octanol–water partition coefficient (Wildman–Crippen LogP) is 3.77. The fourth-order valence-corrected chi connectivity index (χ4v) is 2.95. The van der Waals surface area contributed by atoms with Crippen LogP contribution in [-0.2, 0) is 4.79 Å². The number of unbranched alkanes of at least 4 members (excludes halogenated alkanes) is 3. The Kier molecular flexibility index (Phi) is 9.73. The van der Waals surface area contributed by atoms with Crippen LogP contribution in [0.1, 0.15) is 84.5 Å². The second kappa shape index (κ2) is 11.1. The van der Waals surface area contributed by atoms with E-state index >= 15 is 0 Å². The quantitative estimate of drug-likeness (QED) is 0.499. The van der Waals surface area contributed by atoms with Crippen molar-refractivity contribution in [2.45, 2.75) is 96.6 Å². The smallest absolute Gasteiger partial charge is 0.234 e. The monoisotopic (exact) mass is 282 g/mol. The first kappa shape index (κ1) is 17.5. The lowest BCUT2D eigenvalue weighted by molar-refractivity contribution is -0.121. The maximum Gasteiger partial charge on any atom is 0.234 e. The van der Waals surface area contributed by atoms with E-state index in [1.54, 1.807) is 0 Å². The molecule has 1 amide bonds. The molecule has 0 bridgehead atoms. The molecule has 1 unspecified atom stereocenters. The van der Waals surface area contributed by atoms with Crippen LogP contribution in [-0.4, -0.2) is 24.5 Å². The third-order valence-electron chi connectivity index (χ3n) is 4.32. The van der Waals surface area contributed by atoms with Crippen molar-refractivity contribution in [3.8, 4) is 0 Å². The zero-order chi connectivity index (χ0) is 14.6. The summed E-state index contributed by atoms with van der Waals surface area (Å²) >= 11 is 0. The SMILES string of the molecule is CCCCCCC(C)NCC(=O)NC1CCCCCC1. The van der Waals surface area contributed by atoms with Gasteiger partial charge in [-0.1, -0.05) is 58.3 Å². The predicted molar refractivity (Wildman–Crippen MR) is 85.9 cm³/mol. The molecule has 3 nitrogen and oxygen atoms in total. The number of hydrogen-bond donors (Lipinski definition) is 2. The van der Waals surface area contributed by atoms with Crippen molar-refractivity contribution in [1.82, 2.24) is 10.6 Å². The van der Waals surface area contributed by atoms with Crippen molar-refractivity contribution < 1.29 is 4.79 Å². The molecule has 1 atom stereocenters. The lowest BCUT2D eigenvalue weighted by Crippen LogP contribution is -2.42. The third kappa shape index (κ3) is 8.57. The average Bonchev–Trinajstić information content (AvgIpc) is 2.70. The summed E-state index contributed by atoms with van der Waals surface area (Å²) in [7, 11) is 0. The van der Waals surface area contributed by atoms with E-state index in [1.807, 2.05) is 0 Å². The minimum atomic E-state index is 0.178. The van der Waals surface area contributed by atoms with Gasteiger partial charge in [0.25, 0.3) is 0 Å². The first-order valence-corrected chi connectivity index (χ1v) is 8.75. The number of carbonyl (C=O) groups is 1.